The van der Waals surface area contributed by atoms with Crippen LogP contribution in [0.25, 0.3) is 0 Å². The second kappa shape index (κ2) is 11.3. The van der Waals surface area contributed by atoms with Crippen LogP contribution in [0.15, 0.2) is 52.5 Å². The quantitative estimate of drug-likeness (QED) is 0.409. The highest BCUT2D eigenvalue weighted by Crippen LogP contribution is 2.31. The molecule has 0 saturated carbocycles. The van der Waals surface area contributed by atoms with Crippen LogP contribution in [-0.4, -0.2) is 59.6 Å². The fourth-order valence-electron chi connectivity index (χ4n) is 4.15. The Morgan fingerprint density at radius 2 is 1.89 bits per heavy atom. The molecule has 1 aliphatic rings. The molecule has 4 rings (SSSR count). The van der Waals surface area contributed by atoms with E-state index in [0.717, 1.165) is 23.6 Å². The van der Waals surface area contributed by atoms with Crippen LogP contribution < -0.4 is 4.74 Å². The summed E-state index contributed by atoms with van der Waals surface area (Å²) in [5.74, 6) is 1.45. The maximum atomic E-state index is 12.7. The smallest absolute Gasteiger partial charge is 0.273 e. The van der Waals surface area contributed by atoms with Crippen molar-refractivity contribution in [3.8, 4) is 5.75 Å². The molecule has 1 saturated heterocycles. The number of piperidine rings is 1. The highest BCUT2D eigenvalue weighted by molar-refractivity contribution is 7.09. The highest BCUT2D eigenvalue weighted by Gasteiger charge is 2.27. The number of hydrogen-bond acceptors (Lipinski definition) is 7. The molecule has 0 spiro atoms. The van der Waals surface area contributed by atoms with Gasteiger partial charge in [0, 0.05) is 49.8 Å². The molecule has 35 heavy (non-hydrogen) atoms. The average molecular weight is 496 g/mol. The molecular weight excluding hydrogens is 466 g/mol. The van der Waals surface area contributed by atoms with Crippen LogP contribution >= 0.6 is 11.3 Å². The van der Waals surface area contributed by atoms with Crippen LogP contribution in [0.5, 0.6) is 5.75 Å². The molecule has 8 nitrogen and oxygen atoms in total. The molecule has 1 aromatic carbocycles. The number of hydrogen-bond donors (Lipinski definition) is 0. The molecule has 0 aliphatic carbocycles. The third-order valence-electron chi connectivity index (χ3n) is 6.24. The van der Waals surface area contributed by atoms with Gasteiger partial charge in [-0.1, -0.05) is 0 Å². The van der Waals surface area contributed by atoms with Crippen molar-refractivity contribution < 1.29 is 23.5 Å². The molecule has 3 heterocycles. The number of benzene rings is 1. The van der Waals surface area contributed by atoms with Gasteiger partial charge in [-0.05, 0) is 49.2 Å². The molecule has 1 fully saturated rings. The van der Waals surface area contributed by atoms with Crippen molar-refractivity contribution >= 4 is 28.9 Å². The van der Waals surface area contributed by atoms with E-state index in [9.17, 15) is 14.4 Å². The van der Waals surface area contributed by atoms with Gasteiger partial charge in [0.25, 0.3) is 5.91 Å². The average Bonchev–Trinajstić information content (AvgIpc) is 3.59. The standard InChI is InChI=1S/C26H29N3O5S/c1-28(16-21-4-3-15-34-21)26(32)22-17-35-25(27-22)19-11-13-29(14-12-19)24(31)10-9-23(30)18-5-7-20(33-2)8-6-18/h3-8,15,17,19H,9-14,16H2,1-2H3. The number of Topliss-reactive ketones (excluding diaryl/α,β-unsaturated/α-hetero) is 1. The van der Waals surface area contributed by atoms with E-state index in [1.807, 2.05) is 11.0 Å². The normalized spacial score (nSPS) is 14.1. The molecule has 2 amide bonds. The number of nitrogens with zero attached hydrogens (tertiary/aromatic N) is 3. The summed E-state index contributed by atoms with van der Waals surface area (Å²) in [6.45, 7) is 1.64. The van der Waals surface area contributed by atoms with Crippen molar-refractivity contribution in [2.45, 2.75) is 38.1 Å². The van der Waals surface area contributed by atoms with E-state index in [4.69, 9.17) is 9.15 Å². The number of ether oxygens (including phenoxy) is 1. The number of likely N-dealkylation sites (tertiary alicyclic amines) is 1. The van der Waals surface area contributed by atoms with Gasteiger partial charge in [0.1, 0.15) is 17.2 Å². The Morgan fingerprint density at radius 1 is 1.14 bits per heavy atom. The Balaban J connectivity index is 1.24. The van der Waals surface area contributed by atoms with Crippen molar-refractivity contribution in [1.29, 1.82) is 0 Å². The molecule has 0 bridgehead atoms. The minimum absolute atomic E-state index is 0.000122. The second-order valence-electron chi connectivity index (χ2n) is 8.62. The van der Waals surface area contributed by atoms with Gasteiger partial charge in [0.05, 0.1) is 24.9 Å². The van der Waals surface area contributed by atoms with Crippen LogP contribution in [0.4, 0.5) is 0 Å². The van der Waals surface area contributed by atoms with Crippen molar-refractivity contribution in [2.75, 3.05) is 27.2 Å². The molecule has 9 heteroatoms. The monoisotopic (exact) mass is 495 g/mol. The summed E-state index contributed by atoms with van der Waals surface area (Å²) < 4.78 is 10.4. The van der Waals surface area contributed by atoms with E-state index in [0.29, 0.717) is 36.6 Å². The zero-order valence-corrected chi connectivity index (χ0v) is 20.8. The van der Waals surface area contributed by atoms with Gasteiger partial charge in [0.2, 0.25) is 5.91 Å². The Morgan fingerprint density at radius 3 is 2.54 bits per heavy atom. The largest absolute Gasteiger partial charge is 0.497 e. The minimum Gasteiger partial charge on any atom is -0.497 e. The van der Waals surface area contributed by atoms with Gasteiger partial charge in [-0.15, -0.1) is 11.3 Å². The Hall–Kier alpha value is -3.46. The fraction of sp³-hybridized carbons (Fsp3) is 0.385. The van der Waals surface area contributed by atoms with Gasteiger partial charge >= 0.3 is 0 Å². The van der Waals surface area contributed by atoms with Crippen LogP contribution in [0.2, 0.25) is 0 Å². The number of thiazole rings is 1. The maximum Gasteiger partial charge on any atom is 0.273 e. The summed E-state index contributed by atoms with van der Waals surface area (Å²) in [7, 11) is 3.31. The number of aromatic nitrogens is 1. The molecule has 0 radical (unpaired) electrons. The number of carbonyl (C=O) groups excluding carboxylic acids is 3. The maximum absolute atomic E-state index is 12.7. The molecule has 184 valence electrons. The van der Waals surface area contributed by atoms with Crippen LogP contribution in [0.1, 0.15) is 63.2 Å². The lowest BCUT2D eigenvalue weighted by atomic mass is 9.97. The molecule has 0 atom stereocenters. The Kier molecular flexibility index (Phi) is 7.97. The van der Waals surface area contributed by atoms with E-state index in [1.54, 1.807) is 61.0 Å². The zero-order chi connectivity index (χ0) is 24.8. The lowest BCUT2D eigenvalue weighted by Gasteiger charge is -2.31. The number of carbonyl (C=O) groups is 3. The van der Waals surface area contributed by atoms with E-state index in [2.05, 4.69) is 4.98 Å². The van der Waals surface area contributed by atoms with Crippen LogP contribution in [0.3, 0.4) is 0 Å². The minimum atomic E-state index is -0.141. The van der Waals surface area contributed by atoms with Gasteiger partial charge < -0.3 is 19.0 Å². The summed E-state index contributed by atoms with van der Waals surface area (Å²) in [6.07, 6.45) is 3.57. The van der Waals surface area contributed by atoms with Gasteiger partial charge in [-0.25, -0.2) is 4.98 Å². The molecule has 3 aromatic rings. The van der Waals surface area contributed by atoms with Crippen LogP contribution in [-0.2, 0) is 11.3 Å². The zero-order valence-electron chi connectivity index (χ0n) is 19.9. The third kappa shape index (κ3) is 6.16. The summed E-state index contributed by atoms with van der Waals surface area (Å²) in [4.78, 5) is 45.8. The fourth-order valence-corrected chi connectivity index (χ4v) is 5.12. The van der Waals surface area contributed by atoms with E-state index in [1.165, 1.54) is 11.3 Å². The first-order chi connectivity index (χ1) is 16.9. The highest BCUT2D eigenvalue weighted by atomic mass is 32.1. The first kappa shape index (κ1) is 24.7. The third-order valence-corrected chi connectivity index (χ3v) is 7.24. The number of ketones is 1. The van der Waals surface area contributed by atoms with Crippen molar-refractivity contribution in [3.63, 3.8) is 0 Å². The van der Waals surface area contributed by atoms with Crippen molar-refractivity contribution in [1.82, 2.24) is 14.8 Å². The number of amides is 2. The lowest BCUT2D eigenvalue weighted by Crippen LogP contribution is -2.38. The van der Waals surface area contributed by atoms with Crippen LogP contribution in [0, 0.1) is 0 Å². The van der Waals surface area contributed by atoms with Gasteiger partial charge in [0.15, 0.2) is 5.78 Å². The van der Waals surface area contributed by atoms with E-state index >= 15 is 0 Å². The summed E-state index contributed by atoms with van der Waals surface area (Å²) in [5.41, 5.74) is 1.02. The molecular formula is C26H29N3O5S. The second-order valence-corrected chi connectivity index (χ2v) is 9.51. The van der Waals surface area contributed by atoms with Gasteiger partial charge in [-0.2, -0.15) is 0 Å². The lowest BCUT2D eigenvalue weighted by molar-refractivity contribution is -0.132. The van der Waals surface area contributed by atoms with Crippen molar-refractivity contribution in [3.05, 3.63) is 70.1 Å². The van der Waals surface area contributed by atoms with Gasteiger partial charge in [-0.3, -0.25) is 14.4 Å². The summed E-state index contributed by atoms with van der Waals surface area (Å²) in [6, 6.07) is 10.6. The number of rotatable bonds is 9. The Bertz CT molecular complexity index is 1150. The first-order valence-electron chi connectivity index (χ1n) is 11.6. The predicted molar refractivity (Wildman–Crippen MR) is 132 cm³/mol. The summed E-state index contributed by atoms with van der Waals surface area (Å²) >= 11 is 1.49. The first-order valence-corrected chi connectivity index (χ1v) is 12.5. The molecule has 0 N–H and O–H groups in total. The predicted octanol–water partition coefficient (Wildman–Crippen LogP) is 4.39. The Labute approximate surface area is 208 Å². The molecule has 0 unspecified atom stereocenters. The molecule has 1 aliphatic heterocycles. The van der Waals surface area contributed by atoms with Crippen molar-refractivity contribution in [2.24, 2.45) is 0 Å². The number of furan rings is 1. The summed E-state index contributed by atoms with van der Waals surface area (Å²) in [5, 5.41) is 2.74. The van der Waals surface area contributed by atoms with E-state index < -0.39 is 0 Å². The molecule has 2 aromatic heterocycles. The van der Waals surface area contributed by atoms with E-state index in [-0.39, 0.29) is 36.4 Å². The SMILES string of the molecule is COc1ccc(C(=O)CCC(=O)N2CCC(c3nc(C(=O)N(C)Cc4ccco4)cs3)CC2)cc1. The topological polar surface area (TPSA) is 93.0 Å². The number of methoxy groups -OCH3 is 1.